The summed E-state index contributed by atoms with van der Waals surface area (Å²) < 4.78 is 5.28. The summed E-state index contributed by atoms with van der Waals surface area (Å²) in [6, 6.07) is 8.88. The molecule has 1 saturated carbocycles. The molecule has 3 N–H and O–H groups in total. The van der Waals surface area contributed by atoms with Crippen LogP contribution in [0.3, 0.4) is 0 Å². The van der Waals surface area contributed by atoms with Gasteiger partial charge in [-0.15, -0.1) is 0 Å². The van der Waals surface area contributed by atoms with Crippen LogP contribution in [0.15, 0.2) is 30.3 Å². The standard InChI is InChI=1S/C19H26N2O3/c1-19(12-24-19)17(22)16(10-9-13-5-3-2-4-6-13)21-18(23)15(20)11-14-7-8-14/h2-6,14-16H,7-12,20H2,1H3,(H,21,23)/t15-,16-,19+/m0/s1. The zero-order chi connectivity index (χ0) is 17.2. The molecular formula is C19H26N2O3. The number of hydrogen-bond acceptors (Lipinski definition) is 4. The fourth-order valence-electron chi connectivity index (χ4n) is 2.94. The van der Waals surface area contributed by atoms with Crippen LogP contribution in [0.25, 0.3) is 0 Å². The Hall–Kier alpha value is -1.72. The van der Waals surface area contributed by atoms with E-state index in [0.29, 0.717) is 25.4 Å². The molecule has 1 aliphatic carbocycles. The molecule has 0 spiro atoms. The van der Waals surface area contributed by atoms with Gasteiger partial charge < -0.3 is 15.8 Å². The highest BCUT2D eigenvalue weighted by molar-refractivity contribution is 5.97. The molecule has 1 aliphatic heterocycles. The van der Waals surface area contributed by atoms with Crippen LogP contribution in [0.1, 0.15) is 38.2 Å². The van der Waals surface area contributed by atoms with Crippen molar-refractivity contribution in [1.29, 1.82) is 0 Å². The van der Waals surface area contributed by atoms with E-state index in [0.717, 1.165) is 24.8 Å². The quantitative estimate of drug-likeness (QED) is 0.673. The Morgan fingerprint density at radius 2 is 2.00 bits per heavy atom. The third-order valence-electron chi connectivity index (χ3n) is 4.92. The lowest BCUT2D eigenvalue weighted by Crippen LogP contribution is -2.51. The van der Waals surface area contributed by atoms with Gasteiger partial charge in [0, 0.05) is 0 Å². The molecule has 1 saturated heterocycles. The monoisotopic (exact) mass is 330 g/mol. The van der Waals surface area contributed by atoms with E-state index in [1.807, 2.05) is 30.3 Å². The molecule has 1 heterocycles. The highest BCUT2D eigenvalue weighted by Gasteiger charge is 2.50. The van der Waals surface area contributed by atoms with Gasteiger partial charge in [-0.3, -0.25) is 9.59 Å². The zero-order valence-corrected chi connectivity index (χ0v) is 14.2. The maximum Gasteiger partial charge on any atom is 0.237 e. The Balaban J connectivity index is 1.60. The van der Waals surface area contributed by atoms with Crippen LogP contribution in [0, 0.1) is 5.92 Å². The average Bonchev–Trinajstić information content (AvgIpc) is 3.50. The highest BCUT2D eigenvalue weighted by Crippen LogP contribution is 2.33. The largest absolute Gasteiger partial charge is 0.361 e. The molecule has 24 heavy (non-hydrogen) atoms. The second-order valence-electron chi connectivity index (χ2n) is 7.25. The number of amides is 1. The number of carbonyl (C=O) groups excluding carboxylic acids is 2. The van der Waals surface area contributed by atoms with Gasteiger partial charge in [-0.25, -0.2) is 0 Å². The predicted molar refractivity (Wildman–Crippen MR) is 91.4 cm³/mol. The summed E-state index contributed by atoms with van der Waals surface area (Å²) >= 11 is 0. The molecule has 0 unspecified atom stereocenters. The van der Waals surface area contributed by atoms with Crippen LogP contribution in [-0.2, 0) is 20.7 Å². The normalized spacial score (nSPS) is 24.9. The third-order valence-corrected chi connectivity index (χ3v) is 4.92. The maximum absolute atomic E-state index is 12.7. The Morgan fingerprint density at radius 3 is 2.58 bits per heavy atom. The number of nitrogens with two attached hydrogens (primary N) is 1. The van der Waals surface area contributed by atoms with Gasteiger partial charge in [-0.05, 0) is 37.7 Å². The second-order valence-corrected chi connectivity index (χ2v) is 7.25. The minimum Gasteiger partial charge on any atom is -0.361 e. The number of benzene rings is 1. The molecule has 1 aromatic carbocycles. The van der Waals surface area contributed by atoms with Crippen LogP contribution < -0.4 is 11.1 Å². The van der Waals surface area contributed by atoms with E-state index >= 15 is 0 Å². The molecule has 1 aromatic rings. The molecule has 0 bridgehead atoms. The summed E-state index contributed by atoms with van der Waals surface area (Å²) in [5.41, 5.74) is 6.39. The summed E-state index contributed by atoms with van der Waals surface area (Å²) in [5.74, 6) is 0.302. The zero-order valence-electron chi connectivity index (χ0n) is 14.2. The number of nitrogens with one attached hydrogen (secondary N) is 1. The van der Waals surface area contributed by atoms with Gasteiger partial charge in [0.1, 0.15) is 5.60 Å². The van der Waals surface area contributed by atoms with Crippen molar-refractivity contribution in [3.63, 3.8) is 0 Å². The van der Waals surface area contributed by atoms with Gasteiger partial charge in [0.25, 0.3) is 0 Å². The van der Waals surface area contributed by atoms with Crippen LogP contribution >= 0.6 is 0 Å². The molecule has 2 aliphatic rings. The molecule has 5 nitrogen and oxygen atoms in total. The highest BCUT2D eigenvalue weighted by atomic mass is 16.6. The summed E-state index contributed by atoms with van der Waals surface area (Å²) in [6.45, 7) is 2.21. The van der Waals surface area contributed by atoms with Crippen molar-refractivity contribution < 1.29 is 14.3 Å². The van der Waals surface area contributed by atoms with E-state index in [1.54, 1.807) is 6.92 Å². The first-order valence-electron chi connectivity index (χ1n) is 8.76. The molecule has 3 atom stereocenters. The second kappa shape index (κ2) is 7.03. The molecule has 0 radical (unpaired) electrons. The molecular weight excluding hydrogens is 304 g/mol. The number of aryl methyl sites for hydroxylation is 1. The van der Waals surface area contributed by atoms with Crippen LogP contribution in [0.2, 0.25) is 0 Å². The Labute approximate surface area is 142 Å². The summed E-state index contributed by atoms with van der Waals surface area (Å²) in [6.07, 6.45) is 4.31. The maximum atomic E-state index is 12.7. The van der Waals surface area contributed by atoms with E-state index in [1.165, 1.54) is 0 Å². The van der Waals surface area contributed by atoms with Gasteiger partial charge in [-0.2, -0.15) is 0 Å². The van der Waals surface area contributed by atoms with E-state index in [4.69, 9.17) is 10.5 Å². The Morgan fingerprint density at radius 1 is 1.33 bits per heavy atom. The Bertz CT molecular complexity index is 594. The van der Waals surface area contributed by atoms with Gasteiger partial charge in [-0.1, -0.05) is 43.2 Å². The summed E-state index contributed by atoms with van der Waals surface area (Å²) in [7, 11) is 0. The smallest absolute Gasteiger partial charge is 0.237 e. The summed E-state index contributed by atoms with van der Waals surface area (Å²) in [5, 5.41) is 2.87. The number of rotatable bonds is 9. The van der Waals surface area contributed by atoms with E-state index < -0.39 is 17.7 Å². The average molecular weight is 330 g/mol. The summed E-state index contributed by atoms with van der Waals surface area (Å²) in [4.78, 5) is 25.0. The lowest BCUT2D eigenvalue weighted by Gasteiger charge is -2.22. The lowest BCUT2D eigenvalue weighted by molar-refractivity contribution is -0.131. The van der Waals surface area contributed by atoms with Crippen LogP contribution in [0.5, 0.6) is 0 Å². The molecule has 3 rings (SSSR count). The van der Waals surface area contributed by atoms with Crippen molar-refractivity contribution >= 4 is 11.7 Å². The molecule has 1 amide bonds. The van der Waals surface area contributed by atoms with E-state index in [9.17, 15) is 9.59 Å². The van der Waals surface area contributed by atoms with E-state index in [2.05, 4.69) is 5.32 Å². The number of ketones is 1. The van der Waals surface area contributed by atoms with Gasteiger partial charge in [0.15, 0.2) is 5.78 Å². The van der Waals surface area contributed by atoms with Gasteiger partial charge in [0.05, 0.1) is 18.7 Å². The predicted octanol–water partition coefficient (Wildman–Crippen LogP) is 1.59. The molecule has 2 fully saturated rings. The minimum absolute atomic E-state index is 0.0506. The van der Waals surface area contributed by atoms with Crippen molar-refractivity contribution in [1.82, 2.24) is 5.32 Å². The minimum atomic E-state index is -0.741. The number of carbonyl (C=O) groups is 2. The number of ether oxygens (including phenoxy) is 1. The van der Waals surface area contributed by atoms with Crippen LogP contribution in [-0.4, -0.2) is 36.0 Å². The van der Waals surface area contributed by atoms with Crippen molar-refractivity contribution in [2.24, 2.45) is 11.7 Å². The van der Waals surface area contributed by atoms with Gasteiger partial charge >= 0.3 is 0 Å². The first kappa shape index (κ1) is 17.1. The molecule has 0 aromatic heterocycles. The SMILES string of the molecule is C[C@]1(C(=O)[C@H](CCc2ccccc2)NC(=O)[C@@H](N)CC2CC2)CO1. The molecule has 130 valence electrons. The first-order chi connectivity index (χ1) is 11.5. The lowest BCUT2D eigenvalue weighted by atomic mass is 9.94. The molecule has 5 heteroatoms. The van der Waals surface area contributed by atoms with Crippen molar-refractivity contribution in [2.45, 2.75) is 56.7 Å². The fraction of sp³-hybridized carbons (Fsp3) is 0.579. The number of Topliss-reactive ketones (excluding diaryl/α,β-unsaturated/α-hetero) is 1. The Kier molecular flexibility index (Phi) is 5.01. The van der Waals surface area contributed by atoms with Gasteiger partial charge in [0.2, 0.25) is 5.91 Å². The topological polar surface area (TPSA) is 84.7 Å². The third kappa shape index (κ3) is 4.42. The van der Waals surface area contributed by atoms with Crippen molar-refractivity contribution in [2.75, 3.05) is 6.61 Å². The van der Waals surface area contributed by atoms with Crippen LogP contribution in [0.4, 0.5) is 0 Å². The fourth-order valence-corrected chi connectivity index (χ4v) is 2.94. The van der Waals surface area contributed by atoms with Crippen molar-refractivity contribution in [3.05, 3.63) is 35.9 Å². The number of epoxide rings is 1. The van der Waals surface area contributed by atoms with E-state index in [-0.39, 0.29) is 11.7 Å². The first-order valence-corrected chi connectivity index (χ1v) is 8.76. The van der Waals surface area contributed by atoms with Crippen molar-refractivity contribution in [3.8, 4) is 0 Å². The number of hydrogen-bond donors (Lipinski definition) is 2.